The Hall–Kier alpha value is -1.43. The van der Waals surface area contributed by atoms with E-state index in [4.69, 9.17) is 10.5 Å². The first kappa shape index (κ1) is 15.9. The van der Waals surface area contributed by atoms with Crippen LogP contribution < -0.4 is 10.6 Å². The van der Waals surface area contributed by atoms with Gasteiger partial charge in [-0.1, -0.05) is 18.2 Å². The molecule has 1 aliphatic rings. The van der Waals surface area contributed by atoms with Gasteiger partial charge in [0.1, 0.15) is 0 Å². The number of nitrogens with zero attached hydrogens (tertiary/aromatic N) is 2. The second-order valence-corrected chi connectivity index (χ2v) is 5.53. The Morgan fingerprint density at radius 1 is 1.43 bits per heavy atom. The van der Waals surface area contributed by atoms with Crippen LogP contribution in [0.3, 0.4) is 0 Å². The molecule has 5 nitrogen and oxygen atoms in total. The summed E-state index contributed by atoms with van der Waals surface area (Å²) in [6.45, 7) is 1.82. The molecule has 1 saturated heterocycles. The van der Waals surface area contributed by atoms with Crippen molar-refractivity contribution in [1.29, 1.82) is 0 Å². The van der Waals surface area contributed by atoms with Gasteiger partial charge in [0, 0.05) is 39.0 Å². The van der Waals surface area contributed by atoms with Gasteiger partial charge in [0.25, 0.3) is 0 Å². The molecule has 2 atom stereocenters. The van der Waals surface area contributed by atoms with Gasteiger partial charge in [0.05, 0.1) is 12.6 Å². The van der Waals surface area contributed by atoms with Crippen molar-refractivity contribution < 1.29 is 9.53 Å². The molecule has 0 aromatic heterocycles. The Bertz CT molecular complexity index is 452. The van der Waals surface area contributed by atoms with E-state index in [1.54, 1.807) is 12.0 Å². The number of piperidine rings is 1. The lowest BCUT2D eigenvalue weighted by Gasteiger charge is -2.38. The van der Waals surface area contributed by atoms with Gasteiger partial charge in [0.2, 0.25) is 5.91 Å². The molecule has 1 aromatic rings. The van der Waals surface area contributed by atoms with Crippen LogP contribution >= 0.6 is 0 Å². The van der Waals surface area contributed by atoms with Crippen LogP contribution in [0.1, 0.15) is 12.8 Å². The van der Waals surface area contributed by atoms with Crippen LogP contribution in [0.2, 0.25) is 0 Å². The van der Waals surface area contributed by atoms with Crippen molar-refractivity contribution >= 4 is 11.6 Å². The molecular formula is C16H25N3O2. The highest BCUT2D eigenvalue weighted by atomic mass is 16.5. The normalized spacial score (nSPS) is 23.0. The van der Waals surface area contributed by atoms with Crippen LogP contribution in [0, 0.1) is 0 Å². The van der Waals surface area contributed by atoms with Crippen molar-refractivity contribution in [3.05, 3.63) is 30.3 Å². The highest BCUT2D eigenvalue weighted by molar-refractivity contribution is 5.94. The van der Waals surface area contributed by atoms with E-state index in [0.29, 0.717) is 13.1 Å². The van der Waals surface area contributed by atoms with Crippen LogP contribution in [0.5, 0.6) is 0 Å². The van der Waals surface area contributed by atoms with E-state index in [1.165, 1.54) is 0 Å². The molecule has 0 aliphatic carbocycles. The summed E-state index contributed by atoms with van der Waals surface area (Å²) in [7, 11) is 3.55. The third kappa shape index (κ3) is 4.03. The smallest absolute Gasteiger partial charge is 0.240 e. The molecular weight excluding hydrogens is 266 g/mol. The fourth-order valence-electron chi connectivity index (χ4n) is 2.81. The Kier molecular flexibility index (Phi) is 5.73. The zero-order valence-corrected chi connectivity index (χ0v) is 12.9. The molecule has 0 radical (unpaired) electrons. The Morgan fingerprint density at radius 2 is 2.14 bits per heavy atom. The number of likely N-dealkylation sites (tertiary alicyclic amines) is 1. The number of hydrogen-bond acceptors (Lipinski definition) is 4. The van der Waals surface area contributed by atoms with Crippen LogP contribution in [0.4, 0.5) is 5.69 Å². The van der Waals surface area contributed by atoms with E-state index in [0.717, 1.165) is 25.1 Å². The standard InChI is InChI=1S/C16H25N3O2/c1-18(13-6-4-3-5-7-13)16(20)12-19-9-8-15(21-2)10-14(19)11-17/h3-7,14-15H,8-12,17H2,1-2H3. The van der Waals surface area contributed by atoms with E-state index >= 15 is 0 Å². The second kappa shape index (κ2) is 7.54. The monoisotopic (exact) mass is 291 g/mol. The maximum Gasteiger partial charge on any atom is 0.240 e. The minimum atomic E-state index is 0.0931. The number of benzene rings is 1. The fourth-order valence-corrected chi connectivity index (χ4v) is 2.81. The Labute approximate surface area is 126 Å². The molecule has 1 fully saturated rings. The van der Waals surface area contributed by atoms with Gasteiger partial charge >= 0.3 is 0 Å². The molecule has 116 valence electrons. The largest absolute Gasteiger partial charge is 0.381 e. The molecule has 0 saturated carbocycles. The molecule has 1 amide bonds. The first-order valence-corrected chi connectivity index (χ1v) is 7.44. The quantitative estimate of drug-likeness (QED) is 0.882. The van der Waals surface area contributed by atoms with E-state index in [1.807, 2.05) is 37.4 Å². The highest BCUT2D eigenvalue weighted by Gasteiger charge is 2.29. The average molecular weight is 291 g/mol. The molecule has 2 N–H and O–H groups in total. The molecule has 1 aliphatic heterocycles. The zero-order valence-electron chi connectivity index (χ0n) is 12.9. The summed E-state index contributed by atoms with van der Waals surface area (Å²) in [4.78, 5) is 16.3. The van der Waals surface area contributed by atoms with Crippen LogP contribution in [-0.2, 0) is 9.53 Å². The summed E-state index contributed by atoms with van der Waals surface area (Å²) in [5.41, 5.74) is 6.77. The molecule has 1 aromatic carbocycles. The van der Waals surface area contributed by atoms with E-state index in [-0.39, 0.29) is 18.1 Å². The summed E-state index contributed by atoms with van der Waals surface area (Å²) in [6.07, 6.45) is 2.11. The number of rotatable bonds is 5. The number of para-hydroxylation sites is 1. The first-order chi connectivity index (χ1) is 10.2. The number of likely N-dealkylation sites (N-methyl/N-ethyl adjacent to an activating group) is 1. The Morgan fingerprint density at radius 3 is 2.76 bits per heavy atom. The van der Waals surface area contributed by atoms with Gasteiger partial charge in [-0.2, -0.15) is 0 Å². The molecule has 0 bridgehead atoms. The second-order valence-electron chi connectivity index (χ2n) is 5.53. The molecule has 2 rings (SSSR count). The fraction of sp³-hybridized carbons (Fsp3) is 0.562. The summed E-state index contributed by atoms with van der Waals surface area (Å²) < 4.78 is 5.42. The van der Waals surface area contributed by atoms with Gasteiger partial charge in [-0.05, 0) is 25.0 Å². The number of methoxy groups -OCH3 is 1. The predicted molar refractivity (Wildman–Crippen MR) is 84.3 cm³/mol. The van der Waals surface area contributed by atoms with Crippen molar-refractivity contribution in [1.82, 2.24) is 4.90 Å². The number of hydrogen-bond donors (Lipinski definition) is 1. The van der Waals surface area contributed by atoms with Gasteiger partial charge in [-0.15, -0.1) is 0 Å². The third-order valence-corrected chi connectivity index (χ3v) is 4.25. The van der Waals surface area contributed by atoms with Crippen LogP contribution in [0.15, 0.2) is 30.3 Å². The molecule has 0 spiro atoms. The summed E-state index contributed by atoms with van der Waals surface area (Å²) >= 11 is 0. The number of ether oxygens (including phenoxy) is 1. The molecule has 5 heteroatoms. The SMILES string of the molecule is COC1CCN(CC(=O)N(C)c2ccccc2)C(CN)C1. The number of amides is 1. The Balaban J connectivity index is 1.95. The first-order valence-electron chi connectivity index (χ1n) is 7.44. The predicted octanol–water partition coefficient (Wildman–Crippen LogP) is 1.09. The van der Waals surface area contributed by atoms with E-state index in [9.17, 15) is 4.79 Å². The maximum absolute atomic E-state index is 12.4. The molecule has 1 heterocycles. The molecule has 2 unspecified atom stereocenters. The van der Waals surface area contributed by atoms with Crippen LogP contribution in [0.25, 0.3) is 0 Å². The average Bonchev–Trinajstić information content (AvgIpc) is 2.55. The van der Waals surface area contributed by atoms with E-state index < -0.39 is 0 Å². The lowest BCUT2D eigenvalue weighted by molar-refractivity contribution is -0.121. The third-order valence-electron chi connectivity index (χ3n) is 4.25. The van der Waals surface area contributed by atoms with Crippen LogP contribution in [-0.4, -0.2) is 56.7 Å². The summed E-state index contributed by atoms with van der Waals surface area (Å²) in [5.74, 6) is 0.0931. The maximum atomic E-state index is 12.4. The van der Waals surface area contributed by atoms with Crippen molar-refractivity contribution in [2.24, 2.45) is 5.73 Å². The van der Waals surface area contributed by atoms with Crippen molar-refractivity contribution in [3.63, 3.8) is 0 Å². The number of carbonyl (C=O) groups is 1. The molecule has 21 heavy (non-hydrogen) atoms. The summed E-state index contributed by atoms with van der Waals surface area (Å²) in [6, 6.07) is 9.92. The van der Waals surface area contributed by atoms with Gasteiger partial charge in [0.15, 0.2) is 0 Å². The lowest BCUT2D eigenvalue weighted by atomic mass is 9.99. The topological polar surface area (TPSA) is 58.8 Å². The number of anilines is 1. The highest BCUT2D eigenvalue weighted by Crippen LogP contribution is 2.20. The van der Waals surface area contributed by atoms with Crippen molar-refractivity contribution in [2.45, 2.75) is 25.0 Å². The summed E-state index contributed by atoms with van der Waals surface area (Å²) in [5, 5.41) is 0. The zero-order chi connectivity index (χ0) is 15.2. The number of carbonyl (C=O) groups excluding carboxylic acids is 1. The minimum Gasteiger partial charge on any atom is -0.381 e. The minimum absolute atomic E-state index is 0.0931. The lowest BCUT2D eigenvalue weighted by Crippen LogP contribution is -2.52. The van der Waals surface area contributed by atoms with Gasteiger partial charge in [-0.3, -0.25) is 9.69 Å². The van der Waals surface area contributed by atoms with Crippen molar-refractivity contribution in [3.8, 4) is 0 Å². The van der Waals surface area contributed by atoms with Gasteiger partial charge in [-0.25, -0.2) is 0 Å². The van der Waals surface area contributed by atoms with Crippen molar-refractivity contribution in [2.75, 3.05) is 38.7 Å². The van der Waals surface area contributed by atoms with E-state index in [2.05, 4.69) is 4.90 Å². The number of nitrogens with two attached hydrogens (primary N) is 1. The van der Waals surface area contributed by atoms with Gasteiger partial charge < -0.3 is 15.4 Å².